The standard InChI is InChI=1S/C15H19FN2O5S/c16-11-4-6-12(7-5-11)24(22,23)18-10-2-1-3-13(18)15(21)17-9-8-14(19)20/h4-7,13H,1-3,8-10H2,(H,17,21)(H,19,20). The van der Waals surface area contributed by atoms with Gasteiger partial charge in [-0.2, -0.15) is 4.31 Å². The van der Waals surface area contributed by atoms with E-state index in [1.807, 2.05) is 0 Å². The predicted octanol–water partition coefficient (Wildman–Crippen LogP) is 0.960. The summed E-state index contributed by atoms with van der Waals surface area (Å²) < 4.78 is 39.6. The minimum Gasteiger partial charge on any atom is -0.481 e. The van der Waals surface area contributed by atoms with Crippen molar-refractivity contribution in [1.29, 1.82) is 0 Å². The molecule has 1 unspecified atom stereocenters. The van der Waals surface area contributed by atoms with E-state index in [1.54, 1.807) is 0 Å². The number of carbonyl (C=O) groups excluding carboxylic acids is 1. The molecule has 1 amide bonds. The highest BCUT2D eigenvalue weighted by atomic mass is 32.2. The lowest BCUT2D eigenvalue weighted by Gasteiger charge is -2.33. The van der Waals surface area contributed by atoms with Crippen LogP contribution in [0.2, 0.25) is 0 Å². The van der Waals surface area contributed by atoms with Gasteiger partial charge < -0.3 is 10.4 Å². The highest BCUT2D eigenvalue weighted by molar-refractivity contribution is 7.89. The van der Waals surface area contributed by atoms with Gasteiger partial charge in [-0.1, -0.05) is 6.42 Å². The van der Waals surface area contributed by atoms with Crippen LogP contribution in [0.1, 0.15) is 25.7 Å². The van der Waals surface area contributed by atoms with Gasteiger partial charge in [0.25, 0.3) is 0 Å². The Morgan fingerprint density at radius 1 is 1.25 bits per heavy atom. The predicted molar refractivity (Wildman–Crippen MR) is 83.2 cm³/mol. The summed E-state index contributed by atoms with van der Waals surface area (Å²) in [6.07, 6.45) is 1.45. The minimum absolute atomic E-state index is 0.0604. The van der Waals surface area contributed by atoms with E-state index in [9.17, 15) is 22.4 Å². The lowest BCUT2D eigenvalue weighted by Crippen LogP contribution is -2.52. The largest absolute Gasteiger partial charge is 0.481 e. The van der Waals surface area contributed by atoms with Gasteiger partial charge in [-0.15, -0.1) is 0 Å². The van der Waals surface area contributed by atoms with Gasteiger partial charge in [-0.25, -0.2) is 12.8 Å². The lowest BCUT2D eigenvalue weighted by molar-refractivity contribution is -0.137. The summed E-state index contributed by atoms with van der Waals surface area (Å²) in [5.41, 5.74) is 0. The fraction of sp³-hybridized carbons (Fsp3) is 0.467. The van der Waals surface area contributed by atoms with Crippen molar-refractivity contribution in [2.75, 3.05) is 13.1 Å². The zero-order chi connectivity index (χ0) is 17.7. The molecule has 1 aromatic carbocycles. The molecule has 1 atom stereocenters. The molecule has 2 N–H and O–H groups in total. The smallest absolute Gasteiger partial charge is 0.305 e. The lowest BCUT2D eigenvalue weighted by atomic mass is 10.0. The molecule has 2 rings (SSSR count). The molecule has 1 fully saturated rings. The average molecular weight is 358 g/mol. The Morgan fingerprint density at radius 3 is 2.54 bits per heavy atom. The Hall–Kier alpha value is -2.00. The Balaban J connectivity index is 2.17. The zero-order valence-corrected chi connectivity index (χ0v) is 13.8. The topological polar surface area (TPSA) is 104 Å². The number of carbonyl (C=O) groups is 2. The van der Waals surface area contributed by atoms with Gasteiger partial charge in [-0.3, -0.25) is 9.59 Å². The second-order valence-corrected chi connectivity index (χ2v) is 7.41. The molecule has 0 spiro atoms. The number of halogens is 1. The Kier molecular flexibility index (Phi) is 5.89. The molecule has 1 saturated heterocycles. The highest BCUT2D eigenvalue weighted by Gasteiger charge is 2.37. The Labute approximate surface area is 139 Å². The number of nitrogens with zero attached hydrogens (tertiary/aromatic N) is 1. The molecule has 0 aromatic heterocycles. The summed E-state index contributed by atoms with van der Waals surface area (Å²) in [4.78, 5) is 22.7. The van der Waals surface area contributed by atoms with E-state index in [-0.39, 0.29) is 24.4 Å². The third-order valence-corrected chi connectivity index (χ3v) is 5.74. The molecule has 0 aliphatic carbocycles. The third kappa shape index (κ3) is 4.30. The quantitative estimate of drug-likeness (QED) is 0.788. The second-order valence-electron chi connectivity index (χ2n) is 5.52. The van der Waals surface area contributed by atoms with Gasteiger partial charge >= 0.3 is 5.97 Å². The number of rotatable bonds is 6. The Bertz CT molecular complexity index is 705. The van der Waals surface area contributed by atoms with Crippen LogP contribution in [0.15, 0.2) is 29.2 Å². The summed E-state index contributed by atoms with van der Waals surface area (Å²) in [6, 6.07) is 3.55. The number of piperidine rings is 1. The van der Waals surface area contributed by atoms with Crippen molar-refractivity contribution in [2.24, 2.45) is 0 Å². The van der Waals surface area contributed by atoms with Crippen LogP contribution in [-0.4, -0.2) is 48.8 Å². The number of sulfonamides is 1. The monoisotopic (exact) mass is 358 g/mol. The van der Waals surface area contributed by atoms with Crippen molar-refractivity contribution in [3.8, 4) is 0 Å². The normalized spacial score (nSPS) is 19.0. The van der Waals surface area contributed by atoms with E-state index in [1.165, 1.54) is 12.1 Å². The number of nitrogens with one attached hydrogen (secondary N) is 1. The van der Waals surface area contributed by atoms with Crippen LogP contribution >= 0.6 is 0 Å². The van der Waals surface area contributed by atoms with Crippen LogP contribution in [0, 0.1) is 5.82 Å². The van der Waals surface area contributed by atoms with Crippen molar-refractivity contribution in [1.82, 2.24) is 9.62 Å². The molecule has 1 aromatic rings. The summed E-state index contributed by atoms with van der Waals surface area (Å²) in [5.74, 6) is -2.10. The maximum atomic E-state index is 13.0. The van der Waals surface area contributed by atoms with Crippen LogP contribution in [0.4, 0.5) is 4.39 Å². The van der Waals surface area contributed by atoms with Crippen molar-refractivity contribution in [3.05, 3.63) is 30.1 Å². The van der Waals surface area contributed by atoms with Crippen LogP contribution in [0.3, 0.4) is 0 Å². The van der Waals surface area contributed by atoms with Crippen molar-refractivity contribution in [2.45, 2.75) is 36.6 Å². The number of carboxylic acid groups (broad SMARTS) is 1. The van der Waals surface area contributed by atoms with Gasteiger partial charge in [0.15, 0.2) is 0 Å². The van der Waals surface area contributed by atoms with E-state index in [4.69, 9.17) is 5.11 Å². The number of amides is 1. The molecule has 9 heteroatoms. The summed E-state index contributed by atoms with van der Waals surface area (Å²) in [6.45, 7) is 0.131. The maximum Gasteiger partial charge on any atom is 0.305 e. The van der Waals surface area contributed by atoms with Crippen molar-refractivity contribution in [3.63, 3.8) is 0 Å². The second kappa shape index (κ2) is 7.71. The molecule has 1 aliphatic rings. The molecule has 24 heavy (non-hydrogen) atoms. The zero-order valence-electron chi connectivity index (χ0n) is 12.9. The van der Waals surface area contributed by atoms with E-state index in [2.05, 4.69) is 5.32 Å². The van der Waals surface area contributed by atoms with Crippen molar-refractivity contribution < 1.29 is 27.5 Å². The minimum atomic E-state index is -3.92. The first kappa shape index (κ1) is 18.3. The van der Waals surface area contributed by atoms with E-state index < -0.39 is 33.8 Å². The first-order chi connectivity index (χ1) is 11.3. The van der Waals surface area contributed by atoms with Crippen LogP contribution in [0.25, 0.3) is 0 Å². The van der Waals surface area contributed by atoms with Gasteiger partial charge in [-0.05, 0) is 37.1 Å². The van der Waals surface area contributed by atoms with Gasteiger partial charge in [0.1, 0.15) is 11.9 Å². The van der Waals surface area contributed by atoms with Crippen LogP contribution in [-0.2, 0) is 19.6 Å². The van der Waals surface area contributed by atoms with E-state index in [0.29, 0.717) is 19.3 Å². The molecule has 0 bridgehead atoms. The van der Waals surface area contributed by atoms with E-state index in [0.717, 1.165) is 16.4 Å². The fourth-order valence-electron chi connectivity index (χ4n) is 2.61. The van der Waals surface area contributed by atoms with Crippen LogP contribution < -0.4 is 5.32 Å². The first-order valence-corrected chi connectivity index (χ1v) is 9.03. The van der Waals surface area contributed by atoms with Crippen molar-refractivity contribution >= 4 is 21.9 Å². The summed E-state index contributed by atoms with van der Waals surface area (Å²) >= 11 is 0. The fourth-order valence-corrected chi connectivity index (χ4v) is 4.26. The van der Waals surface area contributed by atoms with Gasteiger partial charge in [0.2, 0.25) is 15.9 Å². The molecule has 132 valence electrons. The molecular weight excluding hydrogens is 339 g/mol. The molecule has 7 nitrogen and oxygen atoms in total. The van der Waals surface area contributed by atoms with Gasteiger partial charge in [0.05, 0.1) is 11.3 Å². The molecule has 0 radical (unpaired) electrons. The summed E-state index contributed by atoms with van der Waals surface area (Å²) in [5, 5.41) is 11.1. The number of carboxylic acids is 1. The SMILES string of the molecule is O=C(O)CCNC(=O)C1CCCCN1S(=O)(=O)c1ccc(F)cc1. The van der Waals surface area contributed by atoms with Gasteiger partial charge in [0, 0.05) is 13.1 Å². The molecule has 1 heterocycles. The molecule has 1 aliphatic heterocycles. The van der Waals surface area contributed by atoms with E-state index >= 15 is 0 Å². The molecule has 0 saturated carbocycles. The first-order valence-electron chi connectivity index (χ1n) is 7.59. The highest BCUT2D eigenvalue weighted by Crippen LogP contribution is 2.25. The Morgan fingerprint density at radius 2 is 1.92 bits per heavy atom. The summed E-state index contributed by atoms with van der Waals surface area (Å²) in [7, 11) is -3.92. The molecular formula is C15H19FN2O5S. The number of hydrogen-bond donors (Lipinski definition) is 2. The average Bonchev–Trinajstić information content (AvgIpc) is 2.55. The maximum absolute atomic E-state index is 13.0. The number of hydrogen-bond acceptors (Lipinski definition) is 4. The number of aliphatic carboxylic acids is 1. The number of benzene rings is 1. The van der Waals surface area contributed by atoms with Crippen LogP contribution in [0.5, 0.6) is 0 Å². The third-order valence-electron chi connectivity index (χ3n) is 3.81.